The van der Waals surface area contributed by atoms with Gasteiger partial charge in [0.1, 0.15) is 0 Å². The zero-order valence-electron chi connectivity index (χ0n) is 14.1. The van der Waals surface area contributed by atoms with Crippen LogP contribution in [0.15, 0.2) is 58.3 Å². The number of amides is 1. The van der Waals surface area contributed by atoms with Gasteiger partial charge >= 0.3 is 0 Å². The van der Waals surface area contributed by atoms with E-state index >= 15 is 0 Å². The first-order chi connectivity index (χ1) is 12.1. The van der Waals surface area contributed by atoms with Gasteiger partial charge in [-0.05, 0) is 59.3 Å². The normalized spacial score (nSPS) is 11.8. The first kappa shape index (κ1) is 20.3. The predicted octanol–water partition coefficient (Wildman–Crippen LogP) is 2.89. The summed E-state index contributed by atoms with van der Waals surface area (Å²) in [6.07, 6.45) is 0. The number of sulfonamides is 1. The molecule has 2 N–H and O–H groups in total. The molecule has 2 rings (SSSR count). The van der Waals surface area contributed by atoms with E-state index in [1.807, 2.05) is 0 Å². The summed E-state index contributed by atoms with van der Waals surface area (Å²) in [5.41, 5.74) is 0.732. The fourth-order valence-electron chi connectivity index (χ4n) is 2.05. The topological polar surface area (TPSA) is 109 Å². The molecular formula is C16H18N2O5S3. The van der Waals surface area contributed by atoms with Gasteiger partial charge in [-0.1, -0.05) is 6.92 Å². The van der Waals surface area contributed by atoms with Crippen LogP contribution in [0.2, 0.25) is 0 Å². The van der Waals surface area contributed by atoms with E-state index in [1.165, 1.54) is 55.5 Å². The van der Waals surface area contributed by atoms with Gasteiger partial charge in [-0.3, -0.25) is 9.52 Å². The highest BCUT2D eigenvalue weighted by Crippen LogP contribution is 2.25. The monoisotopic (exact) mass is 414 g/mol. The molecule has 1 amide bonds. The van der Waals surface area contributed by atoms with Crippen molar-refractivity contribution >= 4 is 47.0 Å². The van der Waals surface area contributed by atoms with E-state index < -0.39 is 18.9 Å². The van der Waals surface area contributed by atoms with Crippen molar-refractivity contribution in [2.24, 2.45) is 0 Å². The molecule has 0 radical (unpaired) electrons. The van der Waals surface area contributed by atoms with Crippen molar-refractivity contribution in [3.05, 3.63) is 48.5 Å². The third kappa shape index (κ3) is 5.23. The van der Waals surface area contributed by atoms with Gasteiger partial charge in [0.15, 0.2) is 0 Å². The number of benzene rings is 2. The van der Waals surface area contributed by atoms with E-state index in [0.29, 0.717) is 11.4 Å². The van der Waals surface area contributed by atoms with Crippen molar-refractivity contribution in [2.45, 2.75) is 23.6 Å². The summed E-state index contributed by atoms with van der Waals surface area (Å²) in [5.74, 6) is 0.167. The Hall–Kier alpha value is -2.04. The highest BCUT2D eigenvalue weighted by atomic mass is 33.1. The first-order valence-corrected chi connectivity index (χ1v) is 12.0. The van der Waals surface area contributed by atoms with E-state index in [4.69, 9.17) is 0 Å². The lowest BCUT2D eigenvalue weighted by atomic mass is 10.3. The summed E-state index contributed by atoms with van der Waals surface area (Å²) < 4.78 is 51.1. The summed E-state index contributed by atoms with van der Waals surface area (Å²) in [6.45, 7) is 3.09. The zero-order chi connectivity index (χ0) is 19.4. The number of hydrogen-bond donors (Lipinski definition) is 2. The molecule has 0 aliphatic carbocycles. The Morgan fingerprint density at radius 2 is 1.38 bits per heavy atom. The number of hydrogen-bond acceptors (Lipinski definition) is 6. The molecule has 0 bridgehead atoms. The van der Waals surface area contributed by atoms with Crippen molar-refractivity contribution in [3.8, 4) is 0 Å². The molecule has 0 aromatic heterocycles. The van der Waals surface area contributed by atoms with Crippen molar-refractivity contribution in [2.75, 3.05) is 15.8 Å². The van der Waals surface area contributed by atoms with Crippen LogP contribution in [0.1, 0.15) is 13.8 Å². The van der Waals surface area contributed by atoms with Crippen molar-refractivity contribution in [3.63, 3.8) is 0 Å². The van der Waals surface area contributed by atoms with Crippen LogP contribution >= 0.6 is 10.8 Å². The summed E-state index contributed by atoms with van der Waals surface area (Å²) in [5, 5.41) is 2.55. The molecule has 0 saturated heterocycles. The van der Waals surface area contributed by atoms with Crippen LogP contribution in [0.25, 0.3) is 0 Å². The third-order valence-corrected chi connectivity index (χ3v) is 8.16. The maximum absolute atomic E-state index is 12.4. The standard InChI is InChI=1S/C16H18N2O5S3/c1-3-24-26(22,23)16-10-6-14(7-11-16)18-25(20,21)15-8-4-13(5-9-15)17-12(2)19/h4-11,18H,3H2,1-2H3,(H,17,19). The first-order valence-electron chi connectivity index (χ1n) is 7.54. The zero-order valence-corrected chi connectivity index (χ0v) is 16.5. The molecule has 26 heavy (non-hydrogen) atoms. The second-order valence-electron chi connectivity index (χ2n) is 5.20. The van der Waals surface area contributed by atoms with E-state index in [0.717, 1.165) is 10.8 Å². The second-order valence-corrected chi connectivity index (χ2v) is 11.1. The third-order valence-electron chi connectivity index (χ3n) is 3.15. The van der Waals surface area contributed by atoms with Crippen molar-refractivity contribution < 1.29 is 21.6 Å². The minimum Gasteiger partial charge on any atom is -0.326 e. The Labute approximate surface area is 156 Å². The molecule has 0 aliphatic rings. The quantitative estimate of drug-likeness (QED) is 0.674. The van der Waals surface area contributed by atoms with Gasteiger partial charge in [-0.2, -0.15) is 0 Å². The van der Waals surface area contributed by atoms with E-state index in [-0.39, 0.29) is 21.4 Å². The molecule has 0 heterocycles. The fraction of sp³-hybridized carbons (Fsp3) is 0.188. The average molecular weight is 415 g/mol. The Morgan fingerprint density at radius 1 is 0.885 bits per heavy atom. The van der Waals surface area contributed by atoms with Crippen molar-refractivity contribution in [1.82, 2.24) is 0 Å². The Bertz CT molecular complexity index is 983. The lowest BCUT2D eigenvalue weighted by molar-refractivity contribution is -0.114. The molecule has 0 saturated carbocycles. The van der Waals surface area contributed by atoms with Crippen molar-refractivity contribution in [1.29, 1.82) is 0 Å². The van der Waals surface area contributed by atoms with Crippen LogP contribution in [-0.2, 0) is 23.7 Å². The SMILES string of the molecule is CCSS(=O)(=O)c1ccc(NS(=O)(=O)c2ccc(NC(C)=O)cc2)cc1. The van der Waals surface area contributed by atoms with Gasteiger partial charge in [-0.15, -0.1) is 0 Å². The number of carbonyl (C=O) groups excluding carboxylic acids is 1. The van der Waals surface area contributed by atoms with Gasteiger partial charge in [0.25, 0.3) is 10.0 Å². The molecule has 10 heteroatoms. The lowest BCUT2D eigenvalue weighted by Crippen LogP contribution is -2.13. The Kier molecular flexibility index (Phi) is 6.32. The molecule has 7 nitrogen and oxygen atoms in total. The van der Waals surface area contributed by atoms with Gasteiger partial charge in [0.2, 0.25) is 14.8 Å². The molecule has 0 aliphatic heterocycles. The van der Waals surface area contributed by atoms with Crippen LogP contribution in [0.5, 0.6) is 0 Å². The van der Waals surface area contributed by atoms with Gasteiger partial charge in [0.05, 0.1) is 9.79 Å². The molecule has 2 aromatic rings. The van der Waals surface area contributed by atoms with E-state index in [1.54, 1.807) is 6.92 Å². The second kappa shape index (κ2) is 8.11. The molecule has 0 atom stereocenters. The number of nitrogens with one attached hydrogen (secondary N) is 2. The van der Waals surface area contributed by atoms with E-state index in [9.17, 15) is 21.6 Å². The Morgan fingerprint density at radius 3 is 1.88 bits per heavy atom. The highest BCUT2D eigenvalue weighted by Gasteiger charge is 2.17. The summed E-state index contributed by atoms with van der Waals surface area (Å²) >= 11 is 0. The average Bonchev–Trinajstić information content (AvgIpc) is 2.55. The molecular weight excluding hydrogens is 396 g/mol. The predicted molar refractivity (Wildman–Crippen MR) is 103 cm³/mol. The number of carbonyl (C=O) groups is 1. The summed E-state index contributed by atoms with van der Waals surface area (Å²) in [6, 6.07) is 11.2. The van der Waals surface area contributed by atoms with Crippen LogP contribution in [0, 0.1) is 0 Å². The van der Waals surface area contributed by atoms with Gasteiger partial charge in [-0.25, -0.2) is 16.8 Å². The van der Waals surface area contributed by atoms with E-state index in [2.05, 4.69) is 10.0 Å². The number of anilines is 2. The molecule has 2 aromatic carbocycles. The lowest BCUT2D eigenvalue weighted by Gasteiger charge is -2.10. The largest absolute Gasteiger partial charge is 0.326 e. The summed E-state index contributed by atoms with van der Waals surface area (Å²) in [4.78, 5) is 11.1. The van der Waals surface area contributed by atoms with Crippen LogP contribution < -0.4 is 10.0 Å². The summed E-state index contributed by atoms with van der Waals surface area (Å²) in [7, 11) is -6.46. The fourth-order valence-corrected chi connectivity index (χ4v) is 5.69. The molecule has 0 spiro atoms. The van der Waals surface area contributed by atoms with Gasteiger partial charge < -0.3 is 5.32 Å². The molecule has 0 fully saturated rings. The smallest absolute Gasteiger partial charge is 0.261 e. The maximum Gasteiger partial charge on any atom is 0.261 e. The Balaban J connectivity index is 2.17. The molecule has 0 unspecified atom stereocenters. The molecule has 140 valence electrons. The van der Waals surface area contributed by atoms with Crippen LogP contribution in [-0.4, -0.2) is 28.5 Å². The van der Waals surface area contributed by atoms with Crippen LogP contribution in [0.4, 0.5) is 11.4 Å². The highest BCUT2D eigenvalue weighted by molar-refractivity contribution is 8.72. The maximum atomic E-state index is 12.4. The van der Waals surface area contributed by atoms with Gasteiger partial charge in [0, 0.05) is 24.1 Å². The minimum atomic E-state index is -3.83. The number of rotatable bonds is 7. The minimum absolute atomic E-state index is 0.0184. The van der Waals surface area contributed by atoms with Crippen LogP contribution in [0.3, 0.4) is 0 Å².